The van der Waals surface area contributed by atoms with E-state index in [9.17, 15) is 5.11 Å². The Balaban J connectivity index is 2.00. The molecule has 2 nitrogen and oxygen atoms in total. The van der Waals surface area contributed by atoms with Crippen molar-refractivity contribution in [3.05, 3.63) is 35.9 Å². The predicted molar refractivity (Wildman–Crippen MR) is 89.3 cm³/mol. The molecule has 0 amide bonds. The van der Waals surface area contributed by atoms with Gasteiger partial charge in [-0.05, 0) is 24.3 Å². The zero-order valence-corrected chi connectivity index (χ0v) is 13.6. The molecule has 2 N–H and O–H groups in total. The van der Waals surface area contributed by atoms with Crippen molar-refractivity contribution >= 4 is 0 Å². The second-order valence-corrected chi connectivity index (χ2v) is 6.83. The lowest BCUT2D eigenvalue weighted by Gasteiger charge is -2.33. The van der Waals surface area contributed by atoms with E-state index in [0.717, 1.165) is 5.56 Å². The number of hydrogen-bond donors (Lipinski definition) is 2. The third kappa shape index (κ3) is 5.12. The minimum atomic E-state index is -0.420. The lowest BCUT2D eigenvalue weighted by atomic mass is 9.90. The molecule has 0 bridgehead atoms. The summed E-state index contributed by atoms with van der Waals surface area (Å²) in [5.41, 5.74) is 1.02. The Morgan fingerprint density at radius 2 is 1.52 bits per heavy atom. The maximum atomic E-state index is 10.7. The highest BCUT2D eigenvalue weighted by Crippen LogP contribution is 2.25. The Labute approximate surface area is 130 Å². The number of nitrogens with one attached hydrogen (secondary N) is 1. The Hall–Kier alpha value is -0.860. The van der Waals surface area contributed by atoms with Gasteiger partial charge in [-0.25, -0.2) is 0 Å². The first kappa shape index (κ1) is 16.5. The van der Waals surface area contributed by atoms with Gasteiger partial charge in [-0.1, -0.05) is 76.3 Å². The molecule has 1 aromatic carbocycles. The van der Waals surface area contributed by atoms with E-state index in [1.165, 1.54) is 44.9 Å². The van der Waals surface area contributed by atoms with Crippen molar-refractivity contribution < 1.29 is 5.11 Å². The fraction of sp³-hybridized carbons (Fsp3) is 0.684. The van der Waals surface area contributed by atoms with Crippen molar-refractivity contribution in [1.29, 1.82) is 0 Å². The van der Waals surface area contributed by atoms with E-state index in [1.54, 1.807) is 0 Å². The van der Waals surface area contributed by atoms with Crippen molar-refractivity contribution in [3.63, 3.8) is 0 Å². The molecule has 0 spiro atoms. The molecule has 2 rings (SSSR count). The highest BCUT2D eigenvalue weighted by atomic mass is 16.3. The van der Waals surface area contributed by atoms with Gasteiger partial charge in [0.25, 0.3) is 0 Å². The van der Waals surface area contributed by atoms with Gasteiger partial charge in [0.15, 0.2) is 0 Å². The molecular formula is C19H31NO. The van der Waals surface area contributed by atoms with Crippen LogP contribution in [0.5, 0.6) is 0 Å². The number of hydrogen-bond acceptors (Lipinski definition) is 2. The third-order valence-electron chi connectivity index (χ3n) is 4.73. The van der Waals surface area contributed by atoms with Gasteiger partial charge >= 0.3 is 0 Å². The van der Waals surface area contributed by atoms with Gasteiger partial charge in [-0.2, -0.15) is 0 Å². The van der Waals surface area contributed by atoms with Gasteiger partial charge in [0.05, 0.1) is 6.10 Å². The van der Waals surface area contributed by atoms with Crippen LogP contribution in [0.4, 0.5) is 0 Å². The smallest absolute Gasteiger partial charge is 0.0945 e. The van der Waals surface area contributed by atoms with Crippen LogP contribution in [-0.4, -0.2) is 17.2 Å². The molecule has 2 heteroatoms. The van der Waals surface area contributed by atoms with E-state index >= 15 is 0 Å². The number of benzene rings is 1. The second kappa shape index (κ2) is 8.55. The van der Waals surface area contributed by atoms with Gasteiger partial charge in [0, 0.05) is 12.1 Å². The van der Waals surface area contributed by atoms with Crippen LogP contribution in [0.25, 0.3) is 0 Å². The van der Waals surface area contributed by atoms with Crippen LogP contribution in [0.2, 0.25) is 0 Å². The monoisotopic (exact) mass is 289 g/mol. The molecule has 0 saturated heterocycles. The van der Waals surface area contributed by atoms with Gasteiger partial charge in [0.2, 0.25) is 0 Å². The molecule has 0 aromatic heterocycles. The van der Waals surface area contributed by atoms with E-state index in [-0.39, 0.29) is 6.04 Å². The normalized spacial score (nSPS) is 20.8. The van der Waals surface area contributed by atoms with E-state index in [4.69, 9.17) is 0 Å². The van der Waals surface area contributed by atoms with Crippen LogP contribution in [0.1, 0.15) is 70.5 Å². The average Bonchev–Trinajstić information content (AvgIpc) is 2.46. The maximum absolute atomic E-state index is 10.7. The van der Waals surface area contributed by atoms with Crippen LogP contribution < -0.4 is 5.32 Å². The van der Waals surface area contributed by atoms with Crippen LogP contribution in [0.3, 0.4) is 0 Å². The fourth-order valence-corrected chi connectivity index (χ4v) is 3.40. The summed E-state index contributed by atoms with van der Waals surface area (Å²) in [5.74, 6) is 0.422. The molecule has 0 heterocycles. The largest absolute Gasteiger partial charge is 0.387 e. The highest BCUT2D eigenvalue weighted by molar-refractivity contribution is 5.19. The molecule has 1 aromatic rings. The van der Waals surface area contributed by atoms with E-state index in [2.05, 4.69) is 19.2 Å². The van der Waals surface area contributed by atoms with E-state index < -0.39 is 6.10 Å². The second-order valence-electron chi connectivity index (χ2n) is 6.83. The quantitative estimate of drug-likeness (QED) is 0.839. The molecule has 0 radical (unpaired) electrons. The zero-order chi connectivity index (χ0) is 15.1. The third-order valence-corrected chi connectivity index (χ3v) is 4.73. The summed E-state index contributed by atoms with van der Waals surface area (Å²) in [4.78, 5) is 0. The zero-order valence-electron chi connectivity index (χ0n) is 13.6. The molecular weight excluding hydrogens is 258 g/mol. The lowest BCUT2D eigenvalue weighted by molar-refractivity contribution is 0.0946. The average molecular weight is 289 g/mol. The lowest BCUT2D eigenvalue weighted by Crippen LogP contribution is -2.45. The van der Waals surface area contributed by atoms with Crippen LogP contribution in [-0.2, 0) is 0 Å². The molecule has 21 heavy (non-hydrogen) atoms. The molecule has 2 unspecified atom stereocenters. The first-order valence-electron chi connectivity index (χ1n) is 8.67. The van der Waals surface area contributed by atoms with E-state index in [0.29, 0.717) is 12.0 Å². The van der Waals surface area contributed by atoms with Crippen molar-refractivity contribution in [3.8, 4) is 0 Å². The summed E-state index contributed by atoms with van der Waals surface area (Å²) >= 11 is 0. The van der Waals surface area contributed by atoms with Crippen LogP contribution >= 0.6 is 0 Å². The summed E-state index contributed by atoms with van der Waals surface area (Å²) in [5, 5.41) is 14.5. The van der Waals surface area contributed by atoms with Crippen LogP contribution in [0.15, 0.2) is 30.3 Å². The standard InChI is InChI=1S/C19H31NO/c1-15(2)18(19(21)16-11-7-6-8-12-16)20-17-13-9-4-3-5-10-14-17/h6-8,11-12,15,17-21H,3-5,9-10,13-14H2,1-2H3. The minimum absolute atomic E-state index is 0.136. The van der Waals surface area contributed by atoms with Crippen molar-refractivity contribution in [1.82, 2.24) is 5.32 Å². The van der Waals surface area contributed by atoms with Crippen molar-refractivity contribution in [2.45, 2.75) is 77.0 Å². The van der Waals surface area contributed by atoms with Crippen LogP contribution in [0, 0.1) is 5.92 Å². The summed E-state index contributed by atoms with van der Waals surface area (Å²) in [6, 6.07) is 10.8. The SMILES string of the molecule is CC(C)C(NC1CCCCCCC1)C(O)c1ccccc1. The molecule has 0 aliphatic heterocycles. The molecule has 1 aliphatic rings. The maximum Gasteiger partial charge on any atom is 0.0945 e. The first-order chi connectivity index (χ1) is 10.2. The first-order valence-corrected chi connectivity index (χ1v) is 8.67. The van der Waals surface area contributed by atoms with Gasteiger partial charge in [-0.15, -0.1) is 0 Å². The summed E-state index contributed by atoms with van der Waals surface area (Å²) in [6.07, 6.45) is 8.87. The number of rotatable bonds is 5. The summed E-state index contributed by atoms with van der Waals surface area (Å²) in [7, 11) is 0. The topological polar surface area (TPSA) is 32.3 Å². The summed E-state index contributed by atoms with van der Waals surface area (Å²) in [6.45, 7) is 4.40. The number of aliphatic hydroxyl groups excluding tert-OH is 1. The Bertz CT molecular complexity index is 382. The highest BCUT2D eigenvalue weighted by Gasteiger charge is 2.26. The van der Waals surface area contributed by atoms with Gasteiger partial charge in [-0.3, -0.25) is 0 Å². The fourth-order valence-electron chi connectivity index (χ4n) is 3.40. The Morgan fingerprint density at radius 3 is 2.10 bits per heavy atom. The molecule has 1 aliphatic carbocycles. The predicted octanol–water partition coefficient (Wildman–Crippen LogP) is 4.45. The summed E-state index contributed by atoms with van der Waals surface area (Å²) < 4.78 is 0. The van der Waals surface area contributed by atoms with Gasteiger partial charge < -0.3 is 10.4 Å². The van der Waals surface area contributed by atoms with Crippen molar-refractivity contribution in [2.24, 2.45) is 5.92 Å². The van der Waals surface area contributed by atoms with Gasteiger partial charge in [0.1, 0.15) is 0 Å². The molecule has 1 fully saturated rings. The molecule has 1 saturated carbocycles. The Morgan fingerprint density at radius 1 is 0.952 bits per heavy atom. The molecule has 2 atom stereocenters. The Kier molecular flexibility index (Phi) is 6.72. The number of aliphatic hydroxyl groups is 1. The van der Waals surface area contributed by atoms with E-state index in [1.807, 2.05) is 30.3 Å². The molecule has 118 valence electrons. The van der Waals surface area contributed by atoms with Crippen molar-refractivity contribution in [2.75, 3.05) is 0 Å². The minimum Gasteiger partial charge on any atom is -0.387 e.